The first-order valence-corrected chi connectivity index (χ1v) is 4.36. The molecule has 0 aromatic carbocycles. The maximum atomic E-state index is 4.29. The molecule has 2 heterocycles. The van der Waals surface area contributed by atoms with E-state index in [2.05, 4.69) is 16.5 Å². The quantitative estimate of drug-likeness (QED) is 0.717. The zero-order valence-corrected chi connectivity index (χ0v) is 8.01. The molecule has 0 aliphatic rings. The van der Waals surface area contributed by atoms with E-state index in [0.29, 0.717) is 0 Å². The van der Waals surface area contributed by atoms with Crippen LogP contribution in [-0.2, 0) is 7.05 Å². The third-order valence-corrected chi connectivity index (χ3v) is 1.99. The summed E-state index contributed by atoms with van der Waals surface area (Å²) in [5, 5.41) is 0. The highest BCUT2D eigenvalue weighted by Crippen LogP contribution is 2.13. The summed E-state index contributed by atoms with van der Waals surface area (Å²) < 4.78 is 1.90. The van der Waals surface area contributed by atoms with E-state index in [0.717, 1.165) is 17.0 Å². The van der Waals surface area contributed by atoms with Gasteiger partial charge in [-0.3, -0.25) is 4.98 Å². The molecule has 0 spiro atoms. The number of nitrogens with zero attached hydrogens (tertiary/aromatic N) is 3. The van der Waals surface area contributed by atoms with Gasteiger partial charge in [-0.1, -0.05) is 18.7 Å². The molecule has 2 aromatic heterocycles. The lowest BCUT2D eigenvalue weighted by atomic mass is 10.2. The summed E-state index contributed by atoms with van der Waals surface area (Å²) in [6.45, 7) is 3.68. The van der Waals surface area contributed by atoms with Crippen molar-refractivity contribution in [1.82, 2.24) is 14.5 Å². The van der Waals surface area contributed by atoms with Gasteiger partial charge in [0.25, 0.3) is 0 Å². The van der Waals surface area contributed by atoms with Gasteiger partial charge in [0, 0.05) is 19.4 Å². The Kier molecular flexibility index (Phi) is 2.14. The van der Waals surface area contributed by atoms with Crippen molar-refractivity contribution in [3.63, 3.8) is 0 Å². The van der Waals surface area contributed by atoms with E-state index in [1.165, 1.54) is 0 Å². The fourth-order valence-corrected chi connectivity index (χ4v) is 1.22. The fraction of sp³-hybridized carbons (Fsp3) is 0.0909. The van der Waals surface area contributed by atoms with Crippen LogP contribution in [0.2, 0.25) is 0 Å². The number of hydrogen-bond acceptors (Lipinski definition) is 2. The Morgan fingerprint density at radius 2 is 2.14 bits per heavy atom. The number of hydrogen-bond donors (Lipinski definition) is 0. The van der Waals surface area contributed by atoms with E-state index in [4.69, 9.17) is 0 Å². The molecule has 70 valence electrons. The second-order valence-corrected chi connectivity index (χ2v) is 3.11. The molecular weight excluding hydrogens is 174 g/mol. The van der Waals surface area contributed by atoms with Gasteiger partial charge in [0.15, 0.2) is 0 Å². The molecule has 0 aliphatic heterocycles. The molecule has 3 heteroatoms. The van der Waals surface area contributed by atoms with Crippen LogP contribution in [0.15, 0.2) is 37.4 Å². The number of aromatic nitrogens is 3. The Hall–Kier alpha value is -1.90. The Labute approximate surface area is 82.8 Å². The van der Waals surface area contributed by atoms with Crippen LogP contribution in [0.5, 0.6) is 0 Å². The van der Waals surface area contributed by atoms with Gasteiger partial charge in [-0.25, -0.2) is 4.98 Å². The second-order valence-electron chi connectivity index (χ2n) is 3.11. The molecule has 0 saturated carbocycles. The smallest absolute Gasteiger partial charge is 0.107 e. The highest BCUT2D eigenvalue weighted by molar-refractivity contribution is 5.55. The van der Waals surface area contributed by atoms with Crippen molar-refractivity contribution in [2.45, 2.75) is 0 Å². The largest absolute Gasteiger partial charge is 0.340 e. The first kappa shape index (κ1) is 8.69. The monoisotopic (exact) mass is 185 g/mol. The molecule has 0 saturated heterocycles. The van der Waals surface area contributed by atoms with Crippen molar-refractivity contribution in [1.29, 1.82) is 0 Å². The van der Waals surface area contributed by atoms with Crippen LogP contribution in [0.25, 0.3) is 17.5 Å². The number of pyridine rings is 1. The van der Waals surface area contributed by atoms with Crippen molar-refractivity contribution >= 4 is 6.08 Å². The van der Waals surface area contributed by atoms with Gasteiger partial charge < -0.3 is 4.57 Å². The summed E-state index contributed by atoms with van der Waals surface area (Å²) >= 11 is 0. The van der Waals surface area contributed by atoms with Crippen LogP contribution in [0, 0.1) is 0 Å². The minimum Gasteiger partial charge on any atom is -0.340 e. The van der Waals surface area contributed by atoms with Crippen molar-refractivity contribution in [3.05, 3.63) is 43.0 Å². The van der Waals surface area contributed by atoms with Gasteiger partial charge in [0.05, 0.1) is 12.0 Å². The van der Waals surface area contributed by atoms with Gasteiger partial charge in [-0.05, 0) is 11.6 Å². The summed E-state index contributed by atoms with van der Waals surface area (Å²) in [5.41, 5.74) is 2.80. The molecule has 0 radical (unpaired) electrons. The molecule has 0 bridgehead atoms. The predicted octanol–water partition coefficient (Wildman–Crippen LogP) is 2.13. The van der Waals surface area contributed by atoms with E-state index in [1.807, 2.05) is 29.9 Å². The summed E-state index contributed by atoms with van der Waals surface area (Å²) in [5.74, 6) is 0. The van der Waals surface area contributed by atoms with Crippen LogP contribution in [-0.4, -0.2) is 14.5 Å². The SMILES string of the molecule is C=Cc1ccc(-c2cn(C)cn2)nc1. The standard InChI is InChI=1S/C11H11N3/c1-3-9-4-5-10(12-6-9)11-7-14(2)8-13-11/h3-8H,1H2,2H3. The highest BCUT2D eigenvalue weighted by atomic mass is 15.0. The summed E-state index contributed by atoms with van der Waals surface area (Å²) in [6.07, 6.45) is 7.26. The Bertz CT molecular complexity index is 440. The van der Waals surface area contributed by atoms with Crippen molar-refractivity contribution in [2.24, 2.45) is 7.05 Å². The van der Waals surface area contributed by atoms with Crippen LogP contribution >= 0.6 is 0 Å². The summed E-state index contributed by atoms with van der Waals surface area (Å²) in [7, 11) is 1.94. The average Bonchev–Trinajstić information content (AvgIpc) is 2.65. The van der Waals surface area contributed by atoms with Crippen molar-refractivity contribution in [3.8, 4) is 11.4 Å². The summed E-state index contributed by atoms with van der Waals surface area (Å²) in [6, 6.07) is 3.92. The van der Waals surface area contributed by atoms with E-state index in [9.17, 15) is 0 Å². The predicted molar refractivity (Wildman–Crippen MR) is 56.5 cm³/mol. The summed E-state index contributed by atoms with van der Waals surface area (Å²) in [4.78, 5) is 8.50. The van der Waals surface area contributed by atoms with E-state index in [1.54, 1.807) is 18.6 Å². The van der Waals surface area contributed by atoms with Crippen LogP contribution in [0.3, 0.4) is 0 Å². The molecular formula is C11H11N3. The van der Waals surface area contributed by atoms with Crippen LogP contribution in [0.4, 0.5) is 0 Å². The van der Waals surface area contributed by atoms with E-state index in [-0.39, 0.29) is 0 Å². The minimum atomic E-state index is 0.885. The van der Waals surface area contributed by atoms with E-state index < -0.39 is 0 Å². The second kappa shape index (κ2) is 3.46. The zero-order chi connectivity index (χ0) is 9.97. The van der Waals surface area contributed by atoms with Crippen molar-refractivity contribution < 1.29 is 0 Å². The third kappa shape index (κ3) is 1.57. The minimum absolute atomic E-state index is 0.885. The third-order valence-electron chi connectivity index (χ3n) is 1.99. The molecule has 0 unspecified atom stereocenters. The first-order chi connectivity index (χ1) is 6.79. The van der Waals surface area contributed by atoms with Gasteiger partial charge in [0.1, 0.15) is 5.69 Å². The molecule has 0 atom stereocenters. The maximum absolute atomic E-state index is 4.29. The lowest BCUT2D eigenvalue weighted by Crippen LogP contribution is -1.83. The molecule has 2 aromatic rings. The number of rotatable bonds is 2. The van der Waals surface area contributed by atoms with Gasteiger partial charge in [0.2, 0.25) is 0 Å². The molecule has 0 aliphatic carbocycles. The molecule has 0 amide bonds. The zero-order valence-electron chi connectivity index (χ0n) is 8.01. The highest BCUT2D eigenvalue weighted by Gasteiger charge is 2.00. The van der Waals surface area contributed by atoms with Crippen LogP contribution in [0.1, 0.15) is 5.56 Å². The lowest BCUT2D eigenvalue weighted by molar-refractivity contribution is 0.913. The molecule has 0 N–H and O–H groups in total. The normalized spacial score (nSPS) is 10.1. The Balaban J connectivity index is 2.38. The van der Waals surface area contributed by atoms with Gasteiger partial charge >= 0.3 is 0 Å². The maximum Gasteiger partial charge on any atom is 0.107 e. The van der Waals surface area contributed by atoms with Crippen LogP contribution < -0.4 is 0 Å². The number of aryl methyl sites for hydroxylation is 1. The molecule has 0 fully saturated rings. The molecule has 14 heavy (non-hydrogen) atoms. The molecule has 2 rings (SSSR count). The van der Waals surface area contributed by atoms with E-state index >= 15 is 0 Å². The lowest BCUT2D eigenvalue weighted by Gasteiger charge is -1.96. The van der Waals surface area contributed by atoms with Gasteiger partial charge in [-0.15, -0.1) is 0 Å². The Morgan fingerprint density at radius 3 is 2.64 bits per heavy atom. The number of imidazole rings is 1. The van der Waals surface area contributed by atoms with Crippen molar-refractivity contribution in [2.75, 3.05) is 0 Å². The average molecular weight is 185 g/mol. The molecule has 3 nitrogen and oxygen atoms in total. The first-order valence-electron chi connectivity index (χ1n) is 4.36. The van der Waals surface area contributed by atoms with Gasteiger partial charge in [-0.2, -0.15) is 0 Å². The Morgan fingerprint density at radius 1 is 1.29 bits per heavy atom. The fourth-order valence-electron chi connectivity index (χ4n) is 1.22. The topological polar surface area (TPSA) is 30.7 Å².